The van der Waals surface area contributed by atoms with Gasteiger partial charge in [0.2, 0.25) is 5.91 Å². The Labute approximate surface area is 171 Å². The van der Waals surface area contributed by atoms with E-state index >= 15 is 0 Å². The summed E-state index contributed by atoms with van der Waals surface area (Å²) in [5.41, 5.74) is 1.47. The van der Waals surface area contributed by atoms with Gasteiger partial charge < -0.3 is 15.0 Å². The summed E-state index contributed by atoms with van der Waals surface area (Å²) in [7, 11) is 3.65. The number of ether oxygens (including phenoxy) is 1. The molecule has 1 aliphatic heterocycles. The fraction of sp³-hybridized carbons (Fsp3) is 0.476. The van der Waals surface area contributed by atoms with Crippen molar-refractivity contribution in [3.63, 3.8) is 0 Å². The van der Waals surface area contributed by atoms with Gasteiger partial charge in [-0.15, -0.1) is 0 Å². The van der Waals surface area contributed by atoms with Crippen molar-refractivity contribution in [3.8, 4) is 0 Å². The number of carbonyl (C=O) groups excluding carboxylic acids is 2. The monoisotopic (exact) mass is 399 g/mol. The van der Waals surface area contributed by atoms with Crippen LogP contribution in [0.15, 0.2) is 36.5 Å². The van der Waals surface area contributed by atoms with E-state index in [1.54, 1.807) is 14.0 Å². The number of aromatic nitrogens is 2. The molecule has 0 unspecified atom stereocenters. The lowest BCUT2D eigenvalue weighted by Crippen LogP contribution is -2.48. The molecule has 29 heavy (non-hydrogen) atoms. The Morgan fingerprint density at radius 3 is 2.79 bits per heavy atom. The highest BCUT2D eigenvalue weighted by molar-refractivity contribution is 6.00. The van der Waals surface area contributed by atoms with Crippen LogP contribution in [0.4, 0.5) is 11.5 Å². The molecule has 0 aliphatic carbocycles. The first-order chi connectivity index (χ1) is 14.0. The molecule has 156 valence electrons. The zero-order valence-corrected chi connectivity index (χ0v) is 17.3. The van der Waals surface area contributed by atoms with Gasteiger partial charge in [0.15, 0.2) is 0 Å². The maximum atomic E-state index is 12.6. The van der Waals surface area contributed by atoms with E-state index in [4.69, 9.17) is 4.74 Å². The summed E-state index contributed by atoms with van der Waals surface area (Å²) in [5, 5.41) is 6.88. The van der Waals surface area contributed by atoms with Crippen molar-refractivity contribution in [1.82, 2.24) is 14.7 Å². The third kappa shape index (κ3) is 5.14. The fourth-order valence-electron chi connectivity index (χ4n) is 3.66. The zero-order chi connectivity index (χ0) is 20.8. The van der Waals surface area contributed by atoms with Crippen molar-refractivity contribution in [2.75, 3.05) is 43.5 Å². The number of para-hydroxylation sites is 1. The third-order valence-corrected chi connectivity index (χ3v) is 5.23. The quantitative estimate of drug-likeness (QED) is 0.719. The summed E-state index contributed by atoms with van der Waals surface area (Å²) in [6.45, 7) is 4.15. The number of aryl methyl sites for hydroxylation is 1. The number of likely N-dealkylation sites (N-methyl/N-ethyl adjacent to an activating group) is 1. The van der Waals surface area contributed by atoms with E-state index in [0.717, 1.165) is 25.9 Å². The number of hydrogen-bond acceptors (Lipinski definition) is 6. The van der Waals surface area contributed by atoms with Gasteiger partial charge in [0.1, 0.15) is 11.4 Å². The zero-order valence-electron chi connectivity index (χ0n) is 17.3. The fourth-order valence-corrected chi connectivity index (χ4v) is 3.66. The number of carbonyl (C=O) groups is 2. The lowest BCUT2D eigenvalue weighted by atomic mass is 10.0. The molecular weight excluding hydrogens is 370 g/mol. The molecule has 1 atom stereocenters. The number of nitrogens with zero attached hydrogens (tertiary/aromatic N) is 4. The second kappa shape index (κ2) is 9.56. The Hall–Kier alpha value is -2.87. The summed E-state index contributed by atoms with van der Waals surface area (Å²) in [6, 6.07) is 10.6. The maximum Gasteiger partial charge on any atom is 0.343 e. The van der Waals surface area contributed by atoms with E-state index in [9.17, 15) is 9.59 Å². The molecular formula is C21H29N5O3. The number of rotatable bonds is 7. The minimum Gasteiger partial charge on any atom is -0.462 e. The number of anilines is 2. The highest BCUT2D eigenvalue weighted by Crippen LogP contribution is 2.22. The van der Waals surface area contributed by atoms with Gasteiger partial charge in [0, 0.05) is 31.9 Å². The second-order valence-electron chi connectivity index (χ2n) is 7.29. The summed E-state index contributed by atoms with van der Waals surface area (Å²) in [5.74, 6) is -0.315. The van der Waals surface area contributed by atoms with Gasteiger partial charge in [-0.25, -0.2) is 4.79 Å². The van der Waals surface area contributed by atoms with Crippen LogP contribution in [0.5, 0.6) is 0 Å². The smallest absolute Gasteiger partial charge is 0.343 e. The number of esters is 1. The molecule has 1 saturated heterocycles. The van der Waals surface area contributed by atoms with Crippen molar-refractivity contribution >= 4 is 23.4 Å². The SMILES string of the molecule is CCOC(=O)c1cnn(C)c1NC(=O)CN(C)[C@@H]1CCCN(c2ccccc2)C1. The number of benzene rings is 1. The van der Waals surface area contributed by atoms with Crippen molar-refractivity contribution in [1.29, 1.82) is 0 Å². The number of piperidine rings is 1. The first-order valence-electron chi connectivity index (χ1n) is 9.98. The molecule has 0 spiro atoms. The predicted molar refractivity (Wildman–Crippen MR) is 112 cm³/mol. The van der Waals surface area contributed by atoms with Crippen LogP contribution in [0.2, 0.25) is 0 Å². The number of hydrogen-bond donors (Lipinski definition) is 1. The van der Waals surface area contributed by atoms with Crippen molar-refractivity contribution in [2.45, 2.75) is 25.8 Å². The Balaban J connectivity index is 1.60. The van der Waals surface area contributed by atoms with Gasteiger partial charge in [-0.3, -0.25) is 14.4 Å². The van der Waals surface area contributed by atoms with Crippen LogP contribution < -0.4 is 10.2 Å². The molecule has 3 rings (SSSR count). The minimum atomic E-state index is -0.491. The molecule has 1 amide bonds. The van der Waals surface area contributed by atoms with Crippen LogP contribution in [0.3, 0.4) is 0 Å². The highest BCUT2D eigenvalue weighted by atomic mass is 16.5. The first kappa shape index (κ1) is 20.9. The van der Waals surface area contributed by atoms with Gasteiger partial charge >= 0.3 is 5.97 Å². The van der Waals surface area contributed by atoms with E-state index in [-0.39, 0.29) is 30.7 Å². The molecule has 2 heterocycles. The van der Waals surface area contributed by atoms with E-state index in [2.05, 4.69) is 32.3 Å². The Kier molecular flexibility index (Phi) is 6.87. The molecule has 1 aromatic heterocycles. The molecule has 1 aliphatic rings. The minimum absolute atomic E-state index is 0.182. The van der Waals surface area contributed by atoms with Gasteiger partial charge in [0.05, 0.1) is 19.3 Å². The van der Waals surface area contributed by atoms with Crippen LogP contribution in [0.1, 0.15) is 30.1 Å². The summed E-state index contributed by atoms with van der Waals surface area (Å²) >= 11 is 0. The van der Waals surface area contributed by atoms with Crippen molar-refractivity contribution in [2.24, 2.45) is 7.05 Å². The summed E-state index contributed by atoms with van der Waals surface area (Å²) < 4.78 is 6.51. The number of nitrogens with one attached hydrogen (secondary N) is 1. The normalized spacial score (nSPS) is 16.7. The molecule has 2 aromatic rings. The Morgan fingerprint density at radius 1 is 1.31 bits per heavy atom. The second-order valence-corrected chi connectivity index (χ2v) is 7.29. The lowest BCUT2D eigenvalue weighted by Gasteiger charge is -2.38. The standard InChI is InChI=1S/C21H29N5O3/c1-4-29-21(28)18-13-22-25(3)20(18)23-19(27)15-24(2)17-11-8-12-26(14-17)16-9-6-5-7-10-16/h5-7,9-10,13,17H,4,8,11-12,14-15H2,1-3H3,(H,23,27)/t17-/m1/s1. The molecule has 1 N–H and O–H groups in total. The lowest BCUT2D eigenvalue weighted by molar-refractivity contribution is -0.117. The van der Waals surface area contributed by atoms with Crippen LogP contribution >= 0.6 is 0 Å². The largest absolute Gasteiger partial charge is 0.462 e. The third-order valence-electron chi connectivity index (χ3n) is 5.23. The predicted octanol–water partition coefficient (Wildman–Crippen LogP) is 2.14. The van der Waals surface area contributed by atoms with Crippen LogP contribution in [-0.2, 0) is 16.6 Å². The molecule has 8 heteroatoms. The van der Waals surface area contributed by atoms with Crippen LogP contribution in [0, 0.1) is 0 Å². The van der Waals surface area contributed by atoms with E-state index in [1.165, 1.54) is 16.6 Å². The van der Waals surface area contributed by atoms with E-state index < -0.39 is 5.97 Å². The van der Waals surface area contributed by atoms with Gasteiger partial charge in [0.25, 0.3) is 0 Å². The molecule has 0 saturated carbocycles. The number of amides is 1. The van der Waals surface area contributed by atoms with E-state index in [1.807, 2.05) is 25.2 Å². The van der Waals surface area contributed by atoms with Gasteiger partial charge in [-0.2, -0.15) is 5.10 Å². The van der Waals surface area contributed by atoms with Gasteiger partial charge in [-0.05, 0) is 38.9 Å². The molecule has 1 fully saturated rings. The molecule has 1 aromatic carbocycles. The Bertz CT molecular complexity index is 836. The highest BCUT2D eigenvalue weighted by Gasteiger charge is 2.25. The maximum absolute atomic E-state index is 12.6. The van der Waals surface area contributed by atoms with E-state index in [0.29, 0.717) is 5.82 Å². The topological polar surface area (TPSA) is 79.7 Å². The Morgan fingerprint density at radius 2 is 2.07 bits per heavy atom. The van der Waals surface area contributed by atoms with Crippen LogP contribution in [0.25, 0.3) is 0 Å². The van der Waals surface area contributed by atoms with Crippen LogP contribution in [-0.4, -0.2) is 65.9 Å². The van der Waals surface area contributed by atoms with Gasteiger partial charge in [-0.1, -0.05) is 18.2 Å². The summed E-state index contributed by atoms with van der Waals surface area (Å²) in [4.78, 5) is 29.1. The summed E-state index contributed by atoms with van der Waals surface area (Å²) in [6.07, 6.45) is 3.54. The molecule has 0 bridgehead atoms. The molecule has 0 radical (unpaired) electrons. The van der Waals surface area contributed by atoms with Crippen molar-refractivity contribution in [3.05, 3.63) is 42.1 Å². The average Bonchev–Trinajstić information content (AvgIpc) is 3.09. The molecule has 8 nitrogen and oxygen atoms in total. The first-order valence-corrected chi connectivity index (χ1v) is 9.98. The van der Waals surface area contributed by atoms with Crippen molar-refractivity contribution < 1.29 is 14.3 Å². The average molecular weight is 399 g/mol.